The molecule has 0 aliphatic rings. The first-order valence-electron chi connectivity index (χ1n) is 6.30. The number of aromatic nitrogens is 1. The Labute approximate surface area is 140 Å². The van der Waals surface area contributed by atoms with Crippen molar-refractivity contribution < 1.29 is 9.15 Å². The van der Waals surface area contributed by atoms with Gasteiger partial charge in [0.2, 0.25) is 0 Å². The zero-order valence-electron chi connectivity index (χ0n) is 11.2. The predicted octanol–water partition coefficient (Wildman–Crippen LogP) is 3.49. The highest BCUT2D eigenvalue weighted by Crippen LogP contribution is 2.30. The molecular formula is C14H16BrIN2O2. The zero-order chi connectivity index (χ0) is 14.4. The number of oxazole rings is 1. The summed E-state index contributed by atoms with van der Waals surface area (Å²) in [7, 11) is 1.70. The summed E-state index contributed by atoms with van der Waals surface area (Å²) >= 11 is 5.83. The number of methoxy groups -OCH3 is 1. The number of hydrogen-bond acceptors (Lipinski definition) is 4. The lowest BCUT2D eigenvalue weighted by molar-refractivity contribution is 0.199. The molecule has 0 unspecified atom stereocenters. The normalized spacial score (nSPS) is 10.9. The fraction of sp³-hybridized carbons (Fsp3) is 0.357. The van der Waals surface area contributed by atoms with Crippen molar-refractivity contribution in [2.75, 3.05) is 26.8 Å². The van der Waals surface area contributed by atoms with Crippen molar-refractivity contribution in [2.24, 2.45) is 0 Å². The smallest absolute Gasteiger partial charge is 0.196 e. The van der Waals surface area contributed by atoms with E-state index < -0.39 is 0 Å². The van der Waals surface area contributed by atoms with E-state index in [1.807, 2.05) is 12.1 Å². The molecule has 0 saturated carbocycles. The van der Waals surface area contributed by atoms with E-state index >= 15 is 0 Å². The minimum absolute atomic E-state index is 0.715. The van der Waals surface area contributed by atoms with Crippen LogP contribution in [0.15, 0.2) is 33.3 Å². The summed E-state index contributed by atoms with van der Waals surface area (Å²) in [5.74, 6) is 1.54. The highest BCUT2D eigenvalue weighted by Gasteiger charge is 2.10. The van der Waals surface area contributed by atoms with Crippen LogP contribution in [0, 0.1) is 3.57 Å². The summed E-state index contributed by atoms with van der Waals surface area (Å²) in [6, 6.07) is 6.14. The lowest BCUT2D eigenvalue weighted by Crippen LogP contribution is -2.21. The van der Waals surface area contributed by atoms with Crippen LogP contribution in [0.4, 0.5) is 0 Å². The molecule has 1 N–H and O–H groups in total. The molecule has 1 aromatic carbocycles. The first kappa shape index (κ1) is 15.9. The Morgan fingerprint density at radius 1 is 1.40 bits per heavy atom. The Balaban J connectivity index is 1.96. The number of rotatable bonds is 7. The SMILES string of the molecule is COCCNCCc1ncc(-c2cc(I)ccc2Br)o1. The van der Waals surface area contributed by atoms with Gasteiger partial charge in [-0.2, -0.15) is 0 Å². The number of nitrogens with one attached hydrogen (secondary N) is 1. The second kappa shape index (κ2) is 8.11. The van der Waals surface area contributed by atoms with E-state index in [1.165, 1.54) is 3.57 Å². The van der Waals surface area contributed by atoms with Crippen molar-refractivity contribution in [3.63, 3.8) is 0 Å². The second-order valence-corrected chi connectivity index (χ2v) is 6.34. The molecule has 2 rings (SSSR count). The molecule has 0 saturated heterocycles. The summed E-state index contributed by atoms with van der Waals surface area (Å²) < 4.78 is 12.9. The van der Waals surface area contributed by atoms with Gasteiger partial charge in [-0.15, -0.1) is 0 Å². The van der Waals surface area contributed by atoms with Crippen molar-refractivity contribution in [1.29, 1.82) is 0 Å². The zero-order valence-corrected chi connectivity index (χ0v) is 14.9. The van der Waals surface area contributed by atoms with Gasteiger partial charge in [-0.1, -0.05) is 15.9 Å². The summed E-state index contributed by atoms with van der Waals surface area (Å²) in [6.45, 7) is 2.38. The molecule has 20 heavy (non-hydrogen) atoms. The van der Waals surface area contributed by atoms with Gasteiger partial charge >= 0.3 is 0 Å². The summed E-state index contributed by atoms with van der Waals surface area (Å²) in [6.07, 6.45) is 2.55. The molecule has 0 fully saturated rings. The molecule has 0 aliphatic carbocycles. The third-order valence-corrected chi connectivity index (χ3v) is 4.11. The van der Waals surface area contributed by atoms with Crippen molar-refractivity contribution in [3.05, 3.63) is 38.3 Å². The maximum Gasteiger partial charge on any atom is 0.196 e. The van der Waals surface area contributed by atoms with Gasteiger partial charge in [0.1, 0.15) is 0 Å². The minimum atomic E-state index is 0.715. The molecule has 6 heteroatoms. The first-order chi connectivity index (χ1) is 9.70. The number of halogens is 2. The molecule has 0 bridgehead atoms. The Bertz CT molecular complexity index is 560. The average molecular weight is 451 g/mol. The Kier molecular flexibility index (Phi) is 6.47. The van der Waals surface area contributed by atoms with E-state index in [0.717, 1.165) is 41.2 Å². The van der Waals surface area contributed by atoms with Crippen LogP contribution in [-0.4, -0.2) is 31.8 Å². The minimum Gasteiger partial charge on any atom is -0.441 e. The second-order valence-electron chi connectivity index (χ2n) is 4.24. The lowest BCUT2D eigenvalue weighted by Gasteiger charge is -2.02. The standard InChI is InChI=1S/C14H16BrIN2O2/c1-19-7-6-17-5-4-14-18-9-13(20-14)11-8-10(16)2-3-12(11)15/h2-3,8-9,17H,4-7H2,1H3. The molecule has 0 radical (unpaired) electrons. The van der Waals surface area contributed by atoms with Crippen LogP contribution in [0.25, 0.3) is 11.3 Å². The van der Waals surface area contributed by atoms with Gasteiger partial charge in [0.15, 0.2) is 11.7 Å². The topological polar surface area (TPSA) is 47.3 Å². The van der Waals surface area contributed by atoms with Crippen molar-refractivity contribution in [3.8, 4) is 11.3 Å². The molecule has 0 spiro atoms. The fourth-order valence-electron chi connectivity index (χ4n) is 1.73. The van der Waals surface area contributed by atoms with Crippen LogP contribution in [0.1, 0.15) is 5.89 Å². The molecule has 0 amide bonds. The third kappa shape index (κ3) is 4.54. The fourth-order valence-corrected chi connectivity index (χ4v) is 2.66. The van der Waals surface area contributed by atoms with E-state index in [-0.39, 0.29) is 0 Å². The monoisotopic (exact) mass is 450 g/mol. The largest absolute Gasteiger partial charge is 0.441 e. The average Bonchev–Trinajstić information content (AvgIpc) is 2.90. The summed E-state index contributed by atoms with van der Waals surface area (Å²) in [5.41, 5.74) is 1.03. The van der Waals surface area contributed by atoms with E-state index in [1.54, 1.807) is 13.3 Å². The quantitative estimate of drug-likeness (QED) is 0.518. The van der Waals surface area contributed by atoms with Crippen molar-refractivity contribution >= 4 is 38.5 Å². The molecule has 0 aliphatic heterocycles. The van der Waals surface area contributed by atoms with Gasteiger partial charge in [0.25, 0.3) is 0 Å². The van der Waals surface area contributed by atoms with Crippen LogP contribution in [-0.2, 0) is 11.2 Å². The van der Waals surface area contributed by atoms with Gasteiger partial charge in [0.05, 0.1) is 12.8 Å². The van der Waals surface area contributed by atoms with E-state index in [4.69, 9.17) is 9.15 Å². The number of benzene rings is 1. The van der Waals surface area contributed by atoms with E-state index in [0.29, 0.717) is 6.61 Å². The Morgan fingerprint density at radius 3 is 3.05 bits per heavy atom. The molecule has 1 aromatic heterocycles. The Hall–Kier alpha value is -0.440. The maximum absolute atomic E-state index is 5.80. The molecule has 4 nitrogen and oxygen atoms in total. The van der Waals surface area contributed by atoms with Gasteiger partial charge in [-0.05, 0) is 40.8 Å². The van der Waals surface area contributed by atoms with Gasteiger partial charge in [0, 0.05) is 40.2 Å². The van der Waals surface area contributed by atoms with Crippen LogP contribution in [0.3, 0.4) is 0 Å². The van der Waals surface area contributed by atoms with Gasteiger partial charge < -0.3 is 14.5 Å². The van der Waals surface area contributed by atoms with Crippen LogP contribution in [0.2, 0.25) is 0 Å². The molecule has 0 atom stereocenters. The van der Waals surface area contributed by atoms with Gasteiger partial charge in [-0.25, -0.2) is 4.98 Å². The number of hydrogen-bond donors (Lipinski definition) is 1. The summed E-state index contributed by atoms with van der Waals surface area (Å²) in [4.78, 5) is 4.32. The van der Waals surface area contributed by atoms with E-state index in [2.05, 4.69) is 54.9 Å². The maximum atomic E-state index is 5.80. The van der Waals surface area contributed by atoms with E-state index in [9.17, 15) is 0 Å². The van der Waals surface area contributed by atoms with Crippen molar-refractivity contribution in [2.45, 2.75) is 6.42 Å². The predicted molar refractivity (Wildman–Crippen MR) is 90.8 cm³/mol. The summed E-state index contributed by atoms with van der Waals surface area (Å²) in [5, 5.41) is 3.27. The molecule has 108 valence electrons. The third-order valence-electron chi connectivity index (χ3n) is 2.75. The molecule has 1 heterocycles. The van der Waals surface area contributed by atoms with Crippen LogP contribution < -0.4 is 5.32 Å². The van der Waals surface area contributed by atoms with Crippen LogP contribution in [0.5, 0.6) is 0 Å². The Morgan fingerprint density at radius 2 is 2.25 bits per heavy atom. The highest BCUT2D eigenvalue weighted by atomic mass is 127. The number of ether oxygens (including phenoxy) is 1. The van der Waals surface area contributed by atoms with Crippen LogP contribution >= 0.6 is 38.5 Å². The number of nitrogens with zero attached hydrogens (tertiary/aromatic N) is 1. The highest BCUT2D eigenvalue weighted by molar-refractivity contribution is 14.1. The molecular weight excluding hydrogens is 435 g/mol. The lowest BCUT2D eigenvalue weighted by atomic mass is 10.2. The molecule has 2 aromatic rings. The first-order valence-corrected chi connectivity index (χ1v) is 8.17. The van der Waals surface area contributed by atoms with Gasteiger partial charge in [-0.3, -0.25) is 0 Å². The van der Waals surface area contributed by atoms with Crippen molar-refractivity contribution in [1.82, 2.24) is 10.3 Å².